The number of rotatable bonds is 31. The van der Waals surface area contributed by atoms with Crippen LogP contribution < -0.4 is 51.7 Å². The molecule has 6 aromatic heterocycles. The maximum atomic E-state index is 12.0. The van der Waals surface area contributed by atoms with Crippen molar-refractivity contribution in [2.75, 3.05) is 44.2 Å². The van der Waals surface area contributed by atoms with Gasteiger partial charge in [0.05, 0.1) is 33.6 Å². The molecule has 0 spiro atoms. The minimum absolute atomic E-state index is 0.0248. The zero-order chi connectivity index (χ0) is 73.2. The number of nitrogens with zero attached hydrogens (tertiary/aromatic N) is 18. The topological polar surface area (TPSA) is 569 Å². The van der Waals surface area contributed by atoms with E-state index in [9.17, 15) is 58.8 Å². The van der Waals surface area contributed by atoms with E-state index in [4.69, 9.17) is 40.6 Å². The number of thioether (sulfide) groups is 2. The molecule has 40 nitrogen and oxygen atoms in total. The van der Waals surface area contributed by atoms with Gasteiger partial charge >= 0.3 is 23.9 Å². The molecule has 44 heteroatoms. The highest BCUT2D eigenvalue weighted by Crippen LogP contribution is 2.42. The summed E-state index contributed by atoms with van der Waals surface area (Å²) in [6.07, 6.45) is 0. The van der Waals surface area contributed by atoms with Gasteiger partial charge in [-0.1, -0.05) is 87.7 Å². The van der Waals surface area contributed by atoms with Gasteiger partial charge < -0.3 is 72.1 Å². The largest absolute Gasteiger partial charge is 0.478 e. The van der Waals surface area contributed by atoms with Crippen LogP contribution in [-0.4, -0.2) is 152 Å². The Morgan fingerprint density at radius 3 is 1.07 bits per heavy atom. The zero-order valence-electron chi connectivity index (χ0n) is 53.2. The standard InChI is InChI=1S/C58H50N24O16S4/c1-57(2,3)39-37(41(59)81(79-39)51-67-47(61-29-10-25(43(87)88)9-26(11-29)44(89)90)65-48(68-51)62-30-12-27(45(91)92)14-33(16-30)95-21-83)71-73-53-75-77-55(101-53)99-7-8-100-56-78-76-54(102-56)74-72-38-40(58(4,5)6)80-82(42(38)60)52-69-49(63-31-13-28(46(93)94)15-34(17-31)96-22-84)66-50(70-52)64-32-18-35(97-23-85)20-36(19-32)98-24-86/h9-24H,7-8,59-60H2,1-6H3,(H,87,88)(H,89,90)(H,91,92)(H,93,94)(H2,61,62,65,67,68)(H2,63,64,66,69,70). The van der Waals surface area contributed by atoms with Crippen LogP contribution in [0.5, 0.6) is 23.0 Å². The molecule has 0 atom stereocenters. The lowest BCUT2D eigenvalue weighted by Crippen LogP contribution is -2.15. The smallest absolute Gasteiger partial charge is 0.335 e. The summed E-state index contributed by atoms with van der Waals surface area (Å²) in [5.74, 6) is -6.59. The highest BCUT2D eigenvalue weighted by molar-refractivity contribution is 8.04. The van der Waals surface area contributed by atoms with Gasteiger partial charge in [-0.3, -0.25) is 19.2 Å². The highest BCUT2D eigenvalue weighted by atomic mass is 32.2. The van der Waals surface area contributed by atoms with E-state index in [1.807, 2.05) is 41.5 Å². The predicted octanol–water partition coefficient (Wildman–Crippen LogP) is 9.51. The number of carboxylic acid groups (broad SMARTS) is 4. The summed E-state index contributed by atoms with van der Waals surface area (Å²) in [7, 11) is 0. The van der Waals surface area contributed by atoms with Crippen molar-refractivity contribution in [2.45, 2.75) is 61.1 Å². The van der Waals surface area contributed by atoms with Crippen LogP contribution in [0.25, 0.3) is 11.9 Å². The Kier molecular flexibility index (Phi) is 21.6. The number of aromatic carboxylic acids is 4. The van der Waals surface area contributed by atoms with Crippen molar-refractivity contribution in [1.29, 1.82) is 0 Å². The second-order valence-electron chi connectivity index (χ2n) is 22.4. The van der Waals surface area contributed by atoms with Gasteiger partial charge in [-0.2, -0.15) is 49.5 Å². The Morgan fingerprint density at radius 2 is 0.755 bits per heavy atom. The highest BCUT2D eigenvalue weighted by Gasteiger charge is 2.31. The van der Waals surface area contributed by atoms with Crippen LogP contribution in [0.2, 0.25) is 0 Å². The maximum absolute atomic E-state index is 12.0. The minimum atomic E-state index is -1.43. The number of anilines is 10. The predicted molar refractivity (Wildman–Crippen MR) is 363 cm³/mol. The molecular weight excluding hydrogens is 1420 g/mol. The number of ether oxygens (including phenoxy) is 4. The molecule has 4 aromatic carbocycles. The number of nitrogen functional groups attached to an aromatic ring is 2. The molecule has 0 radical (unpaired) electrons. The normalized spacial score (nSPS) is 11.5. The molecule has 0 fully saturated rings. The first-order chi connectivity index (χ1) is 48.6. The van der Waals surface area contributed by atoms with Crippen LogP contribution in [0.4, 0.5) is 79.8 Å². The molecule has 0 aliphatic heterocycles. The van der Waals surface area contributed by atoms with Gasteiger partial charge in [0.25, 0.3) is 48.0 Å². The van der Waals surface area contributed by atoms with Gasteiger partial charge in [0.1, 0.15) is 23.0 Å². The molecule has 6 heterocycles. The Labute approximate surface area is 587 Å². The Balaban J connectivity index is 0.852. The molecular formula is C58H50N24O16S4. The van der Waals surface area contributed by atoms with Crippen molar-refractivity contribution in [3.8, 4) is 34.9 Å². The van der Waals surface area contributed by atoms with Crippen molar-refractivity contribution in [1.82, 2.24) is 69.9 Å². The molecule has 0 unspecified atom stereocenters. The number of nitrogens with one attached hydrogen (secondary N) is 4. The Bertz CT molecular complexity index is 4950. The molecule has 0 saturated carbocycles. The summed E-state index contributed by atoms with van der Waals surface area (Å²) in [5.41, 5.74) is 11.8. The van der Waals surface area contributed by atoms with Crippen LogP contribution in [0.3, 0.4) is 0 Å². The quantitative estimate of drug-likeness (QED) is 0.00836. The average molecular weight is 1470 g/mol. The summed E-state index contributed by atoms with van der Waals surface area (Å²) in [6.45, 7) is 11.6. The molecule has 0 aliphatic rings. The molecule has 12 N–H and O–H groups in total. The van der Waals surface area contributed by atoms with Crippen molar-refractivity contribution in [3.05, 3.63) is 106 Å². The van der Waals surface area contributed by atoms with E-state index in [1.165, 1.54) is 66.0 Å². The Morgan fingerprint density at radius 1 is 0.451 bits per heavy atom. The maximum Gasteiger partial charge on any atom is 0.335 e. The fourth-order valence-electron chi connectivity index (χ4n) is 8.74. The van der Waals surface area contributed by atoms with Crippen LogP contribution in [0.15, 0.2) is 102 Å². The first-order valence-corrected chi connectivity index (χ1v) is 32.3. The summed E-state index contributed by atoms with van der Waals surface area (Å²) >= 11 is 5.02. The number of carboxylic acids is 4. The number of azo groups is 2. The fourth-order valence-corrected chi connectivity index (χ4v) is 12.2. The minimum Gasteiger partial charge on any atom is -0.478 e. The molecule has 0 aliphatic carbocycles. The van der Waals surface area contributed by atoms with Gasteiger partial charge in [-0.15, -0.1) is 40.9 Å². The third-order valence-electron chi connectivity index (χ3n) is 13.0. The van der Waals surface area contributed by atoms with Gasteiger partial charge in [0, 0.05) is 75.4 Å². The number of hydrogen-bond donors (Lipinski definition) is 10. The van der Waals surface area contributed by atoms with Crippen molar-refractivity contribution >= 4 is 176 Å². The molecule has 10 aromatic rings. The van der Waals surface area contributed by atoms with Gasteiger partial charge in [0.15, 0.2) is 31.7 Å². The van der Waals surface area contributed by atoms with Gasteiger partial charge in [-0.05, 0) is 42.5 Å². The van der Waals surface area contributed by atoms with Crippen LogP contribution in [0.1, 0.15) is 94.4 Å². The first-order valence-electron chi connectivity index (χ1n) is 28.7. The third-order valence-corrected chi connectivity index (χ3v) is 17.2. The lowest BCUT2D eigenvalue weighted by Gasteiger charge is -2.15. The van der Waals surface area contributed by atoms with E-state index < -0.39 is 34.7 Å². The monoisotopic (exact) mass is 1470 g/mol. The van der Waals surface area contributed by atoms with E-state index in [0.717, 1.165) is 62.4 Å². The van der Waals surface area contributed by atoms with E-state index in [1.54, 1.807) is 0 Å². The summed E-state index contributed by atoms with van der Waals surface area (Å²) in [6, 6.07) is 14.5. The van der Waals surface area contributed by atoms with Crippen molar-refractivity contribution < 1.29 is 77.7 Å². The molecule has 522 valence electrons. The van der Waals surface area contributed by atoms with Crippen LogP contribution in [0, 0.1) is 0 Å². The van der Waals surface area contributed by atoms with E-state index in [0.29, 0.717) is 31.6 Å². The number of benzene rings is 4. The summed E-state index contributed by atoms with van der Waals surface area (Å²) < 4.78 is 23.2. The summed E-state index contributed by atoms with van der Waals surface area (Å²) in [5, 5.41) is 94.9. The van der Waals surface area contributed by atoms with E-state index >= 15 is 0 Å². The Hall–Kier alpha value is -13.1. The molecule has 0 bridgehead atoms. The summed E-state index contributed by atoms with van der Waals surface area (Å²) in [4.78, 5) is 120. The van der Waals surface area contributed by atoms with Crippen molar-refractivity contribution in [2.24, 2.45) is 20.5 Å². The van der Waals surface area contributed by atoms with E-state index in [2.05, 4.69) is 92.0 Å². The van der Waals surface area contributed by atoms with Crippen LogP contribution in [-0.2, 0) is 30.0 Å². The third kappa shape index (κ3) is 17.8. The first kappa shape index (κ1) is 71.7. The molecule has 0 amide bonds. The van der Waals surface area contributed by atoms with Crippen LogP contribution >= 0.6 is 46.2 Å². The van der Waals surface area contributed by atoms with E-state index in [-0.39, 0.29) is 163 Å². The average Bonchev–Trinajstić information content (AvgIpc) is 1.67. The lowest BCUT2D eigenvalue weighted by molar-refractivity contribution is -0.121. The number of carbonyl (C=O) groups excluding carboxylic acids is 4. The number of aromatic nitrogens is 14. The van der Waals surface area contributed by atoms with Crippen molar-refractivity contribution in [3.63, 3.8) is 0 Å². The van der Waals surface area contributed by atoms with Gasteiger partial charge in [0.2, 0.25) is 23.8 Å². The fraction of sp³-hybridized carbons (Fsp3) is 0.172. The SMILES string of the molecule is CC(C)(C)c1nn(-c2nc(Nc3cc(OC=O)cc(OC=O)c3)nc(Nc3cc(OC=O)cc(C(=O)O)c3)n2)c(N)c1N=Nc1nnc(SCCSc2nnc(N=Nc3c(C(C)(C)C)nn(-c4nc(Nc5cc(OC=O)cc(C(=O)O)c5)nc(Nc5cc(C(=O)O)cc(C(=O)O)c5)n4)c3N)s2)s1. The second kappa shape index (κ2) is 30.8. The molecule has 10 rings (SSSR count). The lowest BCUT2D eigenvalue weighted by atomic mass is 9.91. The second-order valence-corrected chi connectivity index (χ2v) is 27.0. The number of carbonyl (C=O) groups is 8. The molecule has 0 saturated heterocycles. The number of nitrogens with two attached hydrogens (primary N) is 2. The van der Waals surface area contributed by atoms with Gasteiger partial charge in [-0.25, -0.2) is 19.2 Å². The zero-order valence-corrected chi connectivity index (χ0v) is 56.4. The number of hydrogen-bond acceptors (Lipinski definition) is 38. The molecule has 102 heavy (non-hydrogen) atoms.